The van der Waals surface area contributed by atoms with Crippen LogP contribution in [0.25, 0.3) is 22.1 Å². The van der Waals surface area contributed by atoms with Crippen molar-refractivity contribution in [1.29, 1.82) is 0 Å². The Labute approximate surface area is 119 Å². The second-order valence-electron chi connectivity index (χ2n) is 4.99. The first-order valence-electron chi connectivity index (χ1n) is 7.15. The number of para-hydroxylation sites is 1. The van der Waals surface area contributed by atoms with Crippen molar-refractivity contribution in [1.82, 2.24) is 5.32 Å². The predicted octanol–water partition coefficient (Wildman–Crippen LogP) is 4.60. The van der Waals surface area contributed by atoms with Crippen LogP contribution in [0.15, 0.2) is 59.2 Å². The Morgan fingerprint density at radius 3 is 2.65 bits per heavy atom. The Morgan fingerprint density at radius 2 is 1.85 bits per heavy atom. The fourth-order valence-corrected chi connectivity index (χ4v) is 2.49. The van der Waals surface area contributed by atoms with E-state index in [-0.39, 0.29) is 0 Å². The number of hydrogen-bond donors (Lipinski definition) is 1. The third-order valence-electron chi connectivity index (χ3n) is 3.51. The molecule has 1 aromatic heterocycles. The lowest BCUT2D eigenvalue weighted by Crippen LogP contribution is -2.13. The summed E-state index contributed by atoms with van der Waals surface area (Å²) in [4.78, 5) is 0. The number of hydrogen-bond acceptors (Lipinski definition) is 2. The maximum Gasteiger partial charge on any atom is 0.142 e. The number of fused-ring (bicyclic) bond motifs is 1. The number of furan rings is 1. The van der Waals surface area contributed by atoms with Crippen LogP contribution in [-0.4, -0.2) is 6.54 Å². The van der Waals surface area contributed by atoms with E-state index in [0.717, 1.165) is 30.7 Å². The molecule has 0 bridgehead atoms. The number of rotatable bonds is 5. The molecule has 20 heavy (non-hydrogen) atoms. The number of benzene rings is 2. The standard InChI is InChI=1S/C18H19NO/c1-2-11-19-12-15-13-20-18-16(9-6-10-17(15)18)14-7-4-3-5-8-14/h3-10,13,19H,2,11-12H2,1H3. The highest BCUT2D eigenvalue weighted by Gasteiger charge is 2.10. The average molecular weight is 265 g/mol. The van der Waals surface area contributed by atoms with Gasteiger partial charge in [-0.1, -0.05) is 55.5 Å². The summed E-state index contributed by atoms with van der Waals surface area (Å²) < 4.78 is 5.83. The summed E-state index contributed by atoms with van der Waals surface area (Å²) >= 11 is 0. The van der Waals surface area contributed by atoms with Gasteiger partial charge < -0.3 is 9.73 Å². The van der Waals surface area contributed by atoms with E-state index in [1.54, 1.807) is 0 Å². The van der Waals surface area contributed by atoms with Gasteiger partial charge in [0.05, 0.1) is 6.26 Å². The molecule has 0 saturated heterocycles. The molecule has 2 nitrogen and oxygen atoms in total. The summed E-state index contributed by atoms with van der Waals surface area (Å²) in [5.74, 6) is 0. The third kappa shape index (κ3) is 2.47. The van der Waals surface area contributed by atoms with Crippen molar-refractivity contribution in [2.45, 2.75) is 19.9 Å². The van der Waals surface area contributed by atoms with Crippen LogP contribution in [0.5, 0.6) is 0 Å². The van der Waals surface area contributed by atoms with E-state index in [1.165, 1.54) is 16.5 Å². The predicted molar refractivity (Wildman–Crippen MR) is 83.6 cm³/mol. The molecule has 102 valence electrons. The second kappa shape index (κ2) is 5.93. The Kier molecular flexibility index (Phi) is 3.84. The molecular formula is C18H19NO. The van der Waals surface area contributed by atoms with Crippen LogP contribution < -0.4 is 5.32 Å². The normalized spacial score (nSPS) is 11.1. The van der Waals surface area contributed by atoms with Crippen LogP contribution >= 0.6 is 0 Å². The van der Waals surface area contributed by atoms with Crippen molar-refractivity contribution in [3.63, 3.8) is 0 Å². The Balaban J connectivity index is 2.00. The molecule has 3 aromatic rings. The van der Waals surface area contributed by atoms with Gasteiger partial charge in [0.2, 0.25) is 0 Å². The molecule has 0 aliphatic rings. The Morgan fingerprint density at radius 1 is 1.00 bits per heavy atom. The topological polar surface area (TPSA) is 25.2 Å². The van der Waals surface area contributed by atoms with Crippen LogP contribution in [0.1, 0.15) is 18.9 Å². The van der Waals surface area contributed by atoms with Gasteiger partial charge in [-0.15, -0.1) is 0 Å². The smallest absolute Gasteiger partial charge is 0.142 e. The first kappa shape index (κ1) is 12.9. The van der Waals surface area contributed by atoms with E-state index in [9.17, 15) is 0 Å². The highest BCUT2D eigenvalue weighted by Crippen LogP contribution is 2.31. The maximum atomic E-state index is 5.83. The fourth-order valence-electron chi connectivity index (χ4n) is 2.49. The first-order chi connectivity index (χ1) is 9.90. The van der Waals surface area contributed by atoms with Crippen LogP contribution in [0.2, 0.25) is 0 Å². The van der Waals surface area contributed by atoms with Gasteiger partial charge in [0, 0.05) is 23.1 Å². The first-order valence-corrected chi connectivity index (χ1v) is 7.15. The van der Waals surface area contributed by atoms with Gasteiger partial charge in [0.1, 0.15) is 5.58 Å². The molecule has 1 heterocycles. The van der Waals surface area contributed by atoms with Crippen molar-refractivity contribution in [2.75, 3.05) is 6.54 Å². The van der Waals surface area contributed by atoms with E-state index in [1.807, 2.05) is 12.3 Å². The minimum Gasteiger partial charge on any atom is -0.463 e. The molecule has 0 atom stereocenters. The van der Waals surface area contributed by atoms with Gasteiger partial charge in [0.25, 0.3) is 0 Å². The number of nitrogens with one attached hydrogen (secondary N) is 1. The van der Waals surface area contributed by atoms with Gasteiger partial charge in [-0.3, -0.25) is 0 Å². The summed E-state index contributed by atoms with van der Waals surface area (Å²) in [7, 11) is 0. The highest BCUT2D eigenvalue weighted by molar-refractivity contribution is 5.94. The second-order valence-corrected chi connectivity index (χ2v) is 4.99. The van der Waals surface area contributed by atoms with Crippen LogP contribution in [0, 0.1) is 0 Å². The van der Waals surface area contributed by atoms with Crippen molar-refractivity contribution >= 4 is 11.0 Å². The minimum atomic E-state index is 0.860. The molecule has 0 aliphatic carbocycles. The quantitative estimate of drug-likeness (QED) is 0.682. The van der Waals surface area contributed by atoms with E-state index in [2.05, 4.69) is 54.7 Å². The van der Waals surface area contributed by atoms with Crippen LogP contribution in [0.4, 0.5) is 0 Å². The summed E-state index contributed by atoms with van der Waals surface area (Å²) in [5.41, 5.74) is 4.56. The zero-order chi connectivity index (χ0) is 13.8. The fraction of sp³-hybridized carbons (Fsp3) is 0.222. The molecule has 2 aromatic carbocycles. The molecular weight excluding hydrogens is 246 g/mol. The molecule has 0 radical (unpaired) electrons. The van der Waals surface area contributed by atoms with E-state index in [0.29, 0.717) is 0 Å². The van der Waals surface area contributed by atoms with Crippen molar-refractivity contribution in [2.24, 2.45) is 0 Å². The molecule has 0 unspecified atom stereocenters. The van der Waals surface area contributed by atoms with Gasteiger partial charge in [0.15, 0.2) is 0 Å². The van der Waals surface area contributed by atoms with Crippen LogP contribution in [-0.2, 0) is 6.54 Å². The van der Waals surface area contributed by atoms with Gasteiger partial charge in [-0.25, -0.2) is 0 Å². The summed E-state index contributed by atoms with van der Waals surface area (Å²) in [6.45, 7) is 4.07. The Hall–Kier alpha value is -2.06. The molecule has 0 spiro atoms. The molecule has 0 aliphatic heterocycles. The van der Waals surface area contributed by atoms with E-state index in [4.69, 9.17) is 4.42 Å². The van der Waals surface area contributed by atoms with Gasteiger partial charge in [-0.2, -0.15) is 0 Å². The van der Waals surface area contributed by atoms with E-state index < -0.39 is 0 Å². The summed E-state index contributed by atoms with van der Waals surface area (Å²) in [5, 5.41) is 4.63. The van der Waals surface area contributed by atoms with Crippen molar-refractivity contribution in [3.05, 3.63) is 60.4 Å². The average Bonchev–Trinajstić information content (AvgIpc) is 2.92. The highest BCUT2D eigenvalue weighted by atomic mass is 16.3. The van der Waals surface area contributed by atoms with Gasteiger partial charge >= 0.3 is 0 Å². The van der Waals surface area contributed by atoms with Gasteiger partial charge in [-0.05, 0) is 18.5 Å². The van der Waals surface area contributed by atoms with Crippen LogP contribution in [0.3, 0.4) is 0 Å². The molecule has 0 amide bonds. The monoisotopic (exact) mass is 265 g/mol. The minimum absolute atomic E-state index is 0.860. The summed E-state index contributed by atoms with van der Waals surface area (Å²) in [6, 6.07) is 16.7. The molecule has 1 N–H and O–H groups in total. The SMILES string of the molecule is CCCNCc1coc2c(-c3ccccc3)cccc12. The maximum absolute atomic E-state index is 5.83. The molecule has 2 heteroatoms. The molecule has 0 fully saturated rings. The summed E-state index contributed by atoms with van der Waals surface area (Å²) in [6.07, 6.45) is 3.02. The largest absolute Gasteiger partial charge is 0.463 e. The lowest BCUT2D eigenvalue weighted by molar-refractivity contribution is 0.602. The van der Waals surface area contributed by atoms with E-state index >= 15 is 0 Å². The lowest BCUT2D eigenvalue weighted by Gasteiger charge is -2.03. The zero-order valence-electron chi connectivity index (χ0n) is 11.7. The van der Waals surface area contributed by atoms with Crippen molar-refractivity contribution < 1.29 is 4.42 Å². The Bertz CT molecular complexity index is 685. The van der Waals surface area contributed by atoms with Crippen molar-refractivity contribution in [3.8, 4) is 11.1 Å². The molecule has 0 saturated carbocycles. The molecule has 3 rings (SSSR count). The third-order valence-corrected chi connectivity index (χ3v) is 3.51. The zero-order valence-corrected chi connectivity index (χ0v) is 11.7. The lowest BCUT2D eigenvalue weighted by atomic mass is 10.0.